The lowest BCUT2D eigenvalue weighted by Crippen LogP contribution is -2.26. The third-order valence-electron chi connectivity index (χ3n) is 2.12. The molecular weight excluding hydrogens is 164 g/mol. The van der Waals surface area contributed by atoms with E-state index in [1.165, 1.54) is 0 Å². The van der Waals surface area contributed by atoms with Crippen LogP contribution in [-0.2, 0) is 9.53 Å². The summed E-state index contributed by atoms with van der Waals surface area (Å²) in [6.07, 6.45) is 1.82. The molecular formula is C11H20O2. The van der Waals surface area contributed by atoms with Crippen LogP contribution in [0.2, 0.25) is 0 Å². The Hall–Kier alpha value is -0.630. The Balaban J connectivity index is 3.94. The Morgan fingerprint density at radius 3 is 2.38 bits per heavy atom. The van der Waals surface area contributed by atoms with E-state index in [2.05, 4.69) is 6.58 Å². The minimum Gasteiger partial charge on any atom is -0.378 e. The molecule has 0 aliphatic heterocycles. The quantitative estimate of drug-likeness (QED) is 0.593. The molecule has 0 bridgehead atoms. The molecule has 0 N–H and O–H groups in total. The number of ketones is 1. The van der Waals surface area contributed by atoms with E-state index < -0.39 is 0 Å². The zero-order chi connectivity index (χ0) is 10.5. The predicted molar refractivity (Wildman–Crippen MR) is 54.8 cm³/mol. The molecule has 0 rings (SSSR count). The topological polar surface area (TPSA) is 26.3 Å². The molecule has 0 aliphatic carbocycles. The van der Waals surface area contributed by atoms with E-state index in [4.69, 9.17) is 4.74 Å². The number of carbonyl (C=O) groups excluding carboxylic acids is 1. The van der Waals surface area contributed by atoms with Crippen LogP contribution >= 0.6 is 0 Å². The fraction of sp³-hybridized carbons (Fsp3) is 0.727. The molecule has 13 heavy (non-hydrogen) atoms. The van der Waals surface area contributed by atoms with Gasteiger partial charge in [-0.3, -0.25) is 4.79 Å². The first-order valence-electron chi connectivity index (χ1n) is 4.64. The zero-order valence-corrected chi connectivity index (χ0v) is 9.14. The second-order valence-electron chi connectivity index (χ2n) is 3.96. The minimum absolute atomic E-state index is 0.207. The molecule has 76 valence electrons. The van der Waals surface area contributed by atoms with Crippen molar-refractivity contribution in [3.63, 3.8) is 0 Å². The standard InChI is InChI=1S/C11H20O2/c1-6-9(2)7-10(12)8-11(3,4)13-5/h2,6-8H2,1,3-5H3. The van der Waals surface area contributed by atoms with Crippen LogP contribution in [0.25, 0.3) is 0 Å². The molecule has 0 heterocycles. The fourth-order valence-electron chi connectivity index (χ4n) is 1.01. The minimum atomic E-state index is -0.342. The van der Waals surface area contributed by atoms with E-state index in [9.17, 15) is 4.79 Å². The van der Waals surface area contributed by atoms with Crippen LogP contribution in [0.4, 0.5) is 0 Å². The molecule has 0 spiro atoms. The molecule has 0 saturated heterocycles. The molecule has 0 aromatic carbocycles. The molecule has 0 aliphatic rings. The van der Waals surface area contributed by atoms with Gasteiger partial charge in [0.1, 0.15) is 5.78 Å². The van der Waals surface area contributed by atoms with Crippen molar-refractivity contribution < 1.29 is 9.53 Å². The first-order valence-corrected chi connectivity index (χ1v) is 4.64. The highest BCUT2D eigenvalue weighted by molar-refractivity contribution is 5.81. The van der Waals surface area contributed by atoms with Gasteiger partial charge in [-0.25, -0.2) is 0 Å². The summed E-state index contributed by atoms with van der Waals surface area (Å²) in [5.74, 6) is 0.207. The number of Topliss-reactive ketones (excluding diaryl/α,β-unsaturated/α-hetero) is 1. The van der Waals surface area contributed by atoms with Crippen LogP contribution in [0.5, 0.6) is 0 Å². The summed E-state index contributed by atoms with van der Waals surface area (Å²) in [6, 6.07) is 0. The number of hydrogen-bond donors (Lipinski definition) is 0. The SMILES string of the molecule is C=C(CC)CC(=O)CC(C)(C)OC. The maximum Gasteiger partial charge on any atom is 0.139 e. The normalized spacial score (nSPS) is 11.4. The van der Waals surface area contributed by atoms with E-state index in [0.717, 1.165) is 12.0 Å². The first kappa shape index (κ1) is 12.4. The van der Waals surface area contributed by atoms with Crippen molar-refractivity contribution in [2.24, 2.45) is 0 Å². The average molecular weight is 184 g/mol. The zero-order valence-electron chi connectivity index (χ0n) is 9.14. The molecule has 0 unspecified atom stereocenters. The number of rotatable bonds is 6. The highest BCUT2D eigenvalue weighted by Crippen LogP contribution is 2.16. The Labute approximate surface area is 81.0 Å². The van der Waals surface area contributed by atoms with E-state index >= 15 is 0 Å². The first-order chi connectivity index (χ1) is 5.91. The number of carbonyl (C=O) groups is 1. The molecule has 0 amide bonds. The van der Waals surface area contributed by atoms with Gasteiger partial charge in [-0.05, 0) is 20.3 Å². The van der Waals surface area contributed by atoms with Crippen LogP contribution in [0.1, 0.15) is 40.0 Å². The third kappa shape index (κ3) is 5.58. The van der Waals surface area contributed by atoms with Crippen molar-refractivity contribution in [2.45, 2.75) is 45.6 Å². The van der Waals surface area contributed by atoms with Gasteiger partial charge in [-0.15, -0.1) is 0 Å². The summed E-state index contributed by atoms with van der Waals surface area (Å²) >= 11 is 0. The van der Waals surface area contributed by atoms with Crippen molar-refractivity contribution in [3.05, 3.63) is 12.2 Å². The predicted octanol–water partition coefficient (Wildman–Crippen LogP) is 2.73. The maximum absolute atomic E-state index is 11.4. The molecule has 0 fully saturated rings. The van der Waals surface area contributed by atoms with Gasteiger partial charge in [0.2, 0.25) is 0 Å². The summed E-state index contributed by atoms with van der Waals surface area (Å²) < 4.78 is 5.17. The Morgan fingerprint density at radius 2 is 2.00 bits per heavy atom. The fourth-order valence-corrected chi connectivity index (χ4v) is 1.01. The van der Waals surface area contributed by atoms with Crippen molar-refractivity contribution in [2.75, 3.05) is 7.11 Å². The number of allylic oxidation sites excluding steroid dienone is 1. The van der Waals surface area contributed by atoms with Crippen molar-refractivity contribution in [1.29, 1.82) is 0 Å². The second-order valence-corrected chi connectivity index (χ2v) is 3.96. The molecule has 2 nitrogen and oxygen atoms in total. The Kier molecular flexibility index (Phi) is 4.92. The lowest BCUT2D eigenvalue weighted by atomic mass is 9.97. The second kappa shape index (κ2) is 5.18. The van der Waals surface area contributed by atoms with Gasteiger partial charge in [0, 0.05) is 20.0 Å². The summed E-state index contributed by atoms with van der Waals surface area (Å²) in [7, 11) is 1.63. The number of ether oxygens (including phenoxy) is 1. The summed E-state index contributed by atoms with van der Waals surface area (Å²) in [4.78, 5) is 11.4. The number of hydrogen-bond acceptors (Lipinski definition) is 2. The van der Waals surface area contributed by atoms with E-state index in [0.29, 0.717) is 12.8 Å². The van der Waals surface area contributed by atoms with Crippen LogP contribution in [0.3, 0.4) is 0 Å². The smallest absolute Gasteiger partial charge is 0.139 e. The third-order valence-corrected chi connectivity index (χ3v) is 2.12. The lowest BCUT2D eigenvalue weighted by Gasteiger charge is -2.21. The van der Waals surface area contributed by atoms with E-state index in [1.54, 1.807) is 7.11 Å². The van der Waals surface area contributed by atoms with Gasteiger partial charge in [0.05, 0.1) is 5.60 Å². The van der Waals surface area contributed by atoms with Gasteiger partial charge in [0.25, 0.3) is 0 Å². The van der Waals surface area contributed by atoms with Gasteiger partial charge in [-0.1, -0.05) is 19.1 Å². The van der Waals surface area contributed by atoms with Crippen molar-refractivity contribution in [3.8, 4) is 0 Å². The highest BCUT2D eigenvalue weighted by atomic mass is 16.5. The molecule has 0 radical (unpaired) electrons. The summed E-state index contributed by atoms with van der Waals surface area (Å²) in [6.45, 7) is 9.65. The summed E-state index contributed by atoms with van der Waals surface area (Å²) in [5.41, 5.74) is 0.655. The Morgan fingerprint density at radius 1 is 1.46 bits per heavy atom. The Bertz CT molecular complexity index is 192. The van der Waals surface area contributed by atoms with Crippen molar-refractivity contribution >= 4 is 5.78 Å². The average Bonchev–Trinajstić information content (AvgIpc) is 2.03. The van der Waals surface area contributed by atoms with Crippen LogP contribution < -0.4 is 0 Å². The van der Waals surface area contributed by atoms with E-state index in [1.807, 2.05) is 20.8 Å². The van der Waals surface area contributed by atoms with Crippen LogP contribution in [0, 0.1) is 0 Å². The molecule has 0 saturated carbocycles. The monoisotopic (exact) mass is 184 g/mol. The molecule has 2 heteroatoms. The van der Waals surface area contributed by atoms with Gasteiger partial charge < -0.3 is 4.74 Å². The molecule has 0 atom stereocenters. The maximum atomic E-state index is 11.4. The van der Waals surface area contributed by atoms with Crippen LogP contribution in [-0.4, -0.2) is 18.5 Å². The number of methoxy groups -OCH3 is 1. The van der Waals surface area contributed by atoms with Gasteiger partial charge in [-0.2, -0.15) is 0 Å². The van der Waals surface area contributed by atoms with E-state index in [-0.39, 0.29) is 11.4 Å². The summed E-state index contributed by atoms with van der Waals surface area (Å²) in [5, 5.41) is 0. The molecule has 0 aromatic heterocycles. The van der Waals surface area contributed by atoms with Gasteiger partial charge in [0.15, 0.2) is 0 Å². The highest BCUT2D eigenvalue weighted by Gasteiger charge is 2.20. The van der Waals surface area contributed by atoms with Crippen molar-refractivity contribution in [1.82, 2.24) is 0 Å². The molecule has 0 aromatic rings. The largest absolute Gasteiger partial charge is 0.378 e. The van der Waals surface area contributed by atoms with Gasteiger partial charge >= 0.3 is 0 Å². The van der Waals surface area contributed by atoms with Crippen LogP contribution in [0.15, 0.2) is 12.2 Å². The lowest BCUT2D eigenvalue weighted by molar-refractivity contribution is -0.123.